The summed E-state index contributed by atoms with van der Waals surface area (Å²) in [6.45, 7) is 0. The van der Waals surface area contributed by atoms with E-state index >= 15 is 0 Å². The van der Waals surface area contributed by atoms with E-state index in [0.29, 0.717) is 44.7 Å². The molecule has 3 aromatic rings. The number of carbonyl (C=O) groups is 2. The van der Waals surface area contributed by atoms with Crippen LogP contribution in [0.3, 0.4) is 0 Å². The molecule has 164 valence electrons. The molecule has 0 aliphatic heterocycles. The maximum atomic E-state index is 12.9. The molecule has 0 radical (unpaired) electrons. The molecule has 0 fully saturated rings. The minimum Gasteiger partial charge on any atom is -0.497 e. The number of aromatic nitrogens is 1. The zero-order valence-corrected chi connectivity index (χ0v) is 18.7. The van der Waals surface area contributed by atoms with E-state index in [-0.39, 0.29) is 12.2 Å². The van der Waals surface area contributed by atoms with E-state index in [0.717, 1.165) is 0 Å². The molecule has 1 amide bonds. The number of hydrogen-bond donors (Lipinski definition) is 2. The molecular weight excluding hydrogens is 428 g/mol. The fourth-order valence-corrected chi connectivity index (χ4v) is 3.14. The number of nitrogens with zero attached hydrogens (tertiary/aromatic N) is 2. The van der Waals surface area contributed by atoms with Crippen molar-refractivity contribution in [3.05, 3.63) is 88.1 Å². The Morgan fingerprint density at radius 3 is 2.34 bits per heavy atom. The van der Waals surface area contributed by atoms with Crippen LogP contribution in [0.15, 0.2) is 60.8 Å². The first-order chi connectivity index (χ1) is 15.3. The van der Waals surface area contributed by atoms with E-state index < -0.39 is 5.91 Å². The van der Waals surface area contributed by atoms with E-state index in [9.17, 15) is 9.59 Å². The van der Waals surface area contributed by atoms with Crippen molar-refractivity contribution in [2.75, 3.05) is 26.5 Å². The lowest BCUT2D eigenvalue weighted by molar-refractivity contribution is 0.0992. The number of amides is 1. The van der Waals surface area contributed by atoms with Crippen LogP contribution in [0.4, 0.5) is 5.82 Å². The molecule has 0 saturated carbocycles. The molecule has 2 N–H and O–H groups in total. The largest absolute Gasteiger partial charge is 0.497 e. The third-order valence-corrected chi connectivity index (χ3v) is 5.03. The van der Waals surface area contributed by atoms with Crippen LogP contribution in [0.25, 0.3) is 0 Å². The number of nitrogens with one attached hydrogen (secondary N) is 2. The normalized spacial score (nSPS) is 10.4. The Morgan fingerprint density at radius 2 is 1.75 bits per heavy atom. The monoisotopic (exact) mass is 450 g/mol. The van der Waals surface area contributed by atoms with Gasteiger partial charge in [0.05, 0.1) is 12.1 Å². The highest BCUT2D eigenvalue weighted by atomic mass is 35.5. The SMILES string of the molecule is COc1ccc(CC(=O)c2ccc(C(=N)N(C)C)cc2)c(C(=O)Nc2ccc(Cl)cn2)c1. The van der Waals surface area contributed by atoms with Crippen LogP contribution in [0.1, 0.15) is 31.8 Å². The number of Topliss-reactive ketones (excluding diaryl/α,β-unsaturated/α-hetero) is 1. The van der Waals surface area contributed by atoms with Crippen molar-refractivity contribution < 1.29 is 14.3 Å². The molecule has 0 saturated heterocycles. The van der Waals surface area contributed by atoms with Crippen molar-refractivity contribution in [3.63, 3.8) is 0 Å². The predicted octanol–water partition coefficient (Wildman–Crippen LogP) is 4.31. The molecule has 3 rings (SSSR count). The maximum absolute atomic E-state index is 12.9. The third kappa shape index (κ3) is 5.50. The summed E-state index contributed by atoms with van der Waals surface area (Å²) in [5, 5.41) is 11.2. The van der Waals surface area contributed by atoms with E-state index in [4.69, 9.17) is 21.7 Å². The second-order valence-electron chi connectivity index (χ2n) is 7.26. The Bertz CT molecular complexity index is 1140. The number of rotatable bonds is 7. The van der Waals surface area contributed by atoms with Gasteiger partial charge in [0, 0.05) is 43.4 Å². The lowest BCUT2D eigenvalue weighted by Crippen LogP contribution is -2.21. The number of benzene rings is 2. The average molecular weight is 451 g/mol. The summed E-state index contributed by atoms with van der Waals surface area (Å²) >= 11 is 5.84. The van der Waals surface area contributed by atoms with Crippen molar-refractivity contribution in [2.24, 2.45) is 0 Å². The molecule has 7 nitrogen and oxygen atoms in total. The van der Waals surface area contributed by atoms with Crippen molar-refractivity contribution >= 4 is 34.9 Å². The van der Waals surface area contributed by atoms with Crippen molar-refractivity contribution in [1.29, 1.82) is 5.41 Å². The average Bonchev–Trinajstić information content (AvgIpc) is 2.80. The van der Waals surface area contributed by atoms with Gasteiger partial charge in [0.1, 0.15) is 17.4 Å². The first kappa shape index (κ1) is 23.0. The highest BCUT2D eigenvalue weighted by molar-refractivity contribution is 6.30. The van der Waals surface area contributed by atoms with Crippen LogP contribution in [0.2, 0.25) is 5.02 Å². The van der Waals surface area contributed by atoms with Crippen LogP contribution in [-0.4, -0.2) is 48.6 Å². The zero-order chi connectivity index (χ0) is 23.3. The first-order valence-electron chi connectivity index (χ1n) is 9.78. The zero-order valence-electron chi connectivity index (χ0n) is 18.0. The summed E-state index contributed by atoms with van der Waals surface area (Å²) in [4.78, 5) is 31.6. The first-order valence-corrected chi connectivity index (χ1v) is 10.2. The van der Waals surface area contributed by atoms with E-state index in [2.05, 4.69) is 10.3 Å². The van der Waals surface area contributed by atoms with Crippen LogP contribution in [0.5, 0.6) is 5.75 Å². The van der Waals surface area contributed by atoms with Gasteiger partial charge in [0.25, 0.3) is 5.91 Å². The quantitative estimate of drug-likeness (QED) is 0.318. The predicted molar refractivity (Wildman–Crippen MR) is 125 cm³/mol. The van der Waals surface area contributed by atoms with Crippen LogP contribution in [-0.2, 0) is 6.42 Å². The summed E-state index contributed by atoms with van der Waals surface area (Å²) in [6.07, 6.45) is 1.47. The molecule has 1 aromatic heterocycles. The molecule has 2 aromatic carbocycles. The van der Waals surface area contributed by atoms with Crippen molar-refractivity contribution in [1.82, 2.24) is 9.88 Å². The van der Waals surface area contributed by atoms with E-state index in [1.54, 1.807) is 73.6 Å². The molecule has 0 aliphatic rings. The van der Waals surface area contributed by atoms with Gasteiger partial charge in [-0.15, -0.1) is 0 Å². The number of ketones is 1. The molecular formula is C24H23ClN4O3. The minimum atomic E-state index is -0.406. The van der Waals surface area contributed by atoms with Gasteiger partial charge in [-0.3, -0.25) is 15.0 Å². The number of hydrogen-bond acceptors (Lipinski definition) is 5. The molecule has 8 heteroatoms. The van der Waals surface area contributed by atoms with Gasteiger partial charge in [-0.2, -0.15) is 0 Å². The molecule has 0 aliphatic carbocycles. The number of anilines is 1. The fraction of sp³-hybridized carbons (Fsp3) is 0.167. The molecule has 32 heavy (non-hydrogen) atoms. The second kappa shape index (κ2) is 10.1. The van der Waals surface area contributed by atoms with Gasteiger partial charge in [-0.1, -0.05) is 41.9 Å². The highest BCUT2D eigenvalue weighted by Crippen LogP contribution is 2.21. The summed E-state index contributed by atoms with van der Waals surface area (Å²) in [5.41, 5.74) is 2.10. The van der Waals surface area contributed by atoms with Gasteiger partial charge >= 0.3 is 0 Å². The fourth-order valence-electron chi connectivity index (χ4n) is 3.03. The van der Waals surface area contributed by atoms with Gasteiger partial charge in [-0.05, 0) is 29.8 Å². The summed E-state index contributed by atoms with van der Waals surface area (Å²) < 4.78 is 5.25. The summed E-state index contributed by atoms with van der Waals surface area (Å²) in [7, 11) is 5.09. The van der Waals surface area contributed by atoms with Crippen LogP contribution < -0.4 is 10.1 Å². The van der Waals surface area contributed by atoms with Gasteiger partial charge in [0.15, 0.2) is 5.78 Å². The van der Waals surface area contributed by atoms with Gasteiger partial charge in [0.2, 0.25) is 0 Å². The molecule has 0 atom stereocenters. The van der Waals surface area contributed by atoms with Crippen molar-refractivity contribution in [2.45, 2.75) is 6.42 Å². The number of ether oxygens (including phenoxy) is 1. The summed E-state index contributed by atoms with van der Waals surface area (Å²) in [5.74, 6) is 0.655. The number of methoxy groups -OCH3 is 1. The Balaban J connectivity index is 1.82. The van der Waals surface area contributed by atoms with Crippen LogP contribution >= 0.6 is 11.6 Å². The lowest BCUT2D eigenvalue weighted by atomic mass is 9.97. The minimum absolute atomic E-state index is 0.0330. The second-order valence-corrected chi connectivity index (χ2v) is 7.70. The van der Waals surface area contributed by atoms with Crippen LogP contribution in [0, 0.1) is 5.41 Å². The Morgan fingerprint density at radius 1 is 1.06 bits per heavy atom. The van der Waals surface area contributed by atoms with E-state index in [1.807, 2.05) is 0 Å². The Hall–Kier alpha value is -3.71. The summed E-state index contributed by atoms with van der Waals surface area (Å²) in [6, 6.07) is 15.1. The number of amidine groups is 1. The molecule has 0 spiro atoms. The highest BCUT2D eigenvalue weighted by Gasteiger charge is 2.17. The Kier molecular flexibility index (Phi) is 7.22. The molecule has 0 bridgehead atoms. The standard InChI is InChI=1S/C24H23ClN4O3/c1-29(2)23(26)16-6-4-15(5-7-16)21(30)12-17-8-10-19(32-3)13-20(17)24(31)28-22-11-9-18(25)14-27-22/h4-11,13-14,26H,12H2,1-3H3,(H,27,28,31). The third-order valence-electron chi connectivity index (χ3n) is 4.81. The number of halogens is 1. The number of pyridine rings is 1. The maximum Gasteiger partial charge on any atom is 0.257 e. The smallest absolute Gasteiger partial charge is 0.257 e. The van der Waals surface area contributed by atoms with Crippen molar-refractivity contribution in [3.8, 4) is 5.75 Å². The number of carbonyl (C=O) groups excluding carboxylic acids is 2. The van der Waals surface area contributed by atoms with Gasteiger partial charge < -0.3 is 15.0 Å². The molecule has 1 heterocycles. The Labute approximate surface area is 191 Å². The lowest BCUT2D eigenvalue weighted by Gasteiger charge is -2.14. The van der Waals surface area contributed by atoms with Gasteiger partial charge in [-0.25, -0.2) is 4.98 Å². The topological polar surface area (TPSA) is 95.4 Å². The molecule has 0 unspecified atom stereocenters. The van der Waals surface area contributed by atoms with E-state index in [1.165, 1.54) is 13.3 Å².